The van der Waals surface area contributed by atoms with Crippen LogP contribution in [0.2, 0.25) is 0 Å². The molecule has 6 aliphatic rings. The third kappa shape index (κ3) is 4.19. The Balaban J connectivity index is 1.33. The lowest BCUT2D eigenvalue weighted by molar-refractivity contribution is -0.308. The van der Waals surface area contributed by atoms with Crippen LogP contribution in [0.25, 0.3) is 0 Å². The maximum Gasteiger partial charge on any atom is 0.312 e. The van der Waals surface area contributed by atoms with Gasteiger partial charge < -0.3 is 34.6 Å². The molecule has 6 rings (SSSR count). The van der Waals surface area contributed by atoms with Gasteiger partial charge in [-0.1, -0.05) is 53.2 Å². The maximum atomic E-state index is 13.6. The first-order valence-corrected chi connectivity index (χ1v) is 17.2. The van der Waals surface area contributed by atoms with E-state index in [4.69, 9.17) is 14.2 Å². The van der Waals surface area contributed by atoms with Crippen LogP contribution in [-0.4, -0.2) is 76.4 Å². The van der Waals surface area contributed by atoms with Crippen LogP contribution in [0.4, 0.5) is 0 Å². The fraction of sp³-hybridized carbons (Fsp3) is 0.917. The highest BCUT2D eigenvalue weighted by Crippen LogP contribution is 2.76. The molecule has 8 nitrogen and oxygen atoms in total. The molecule has 5 aliphatic carbocycles. The summed E-state index contributed by atoms with van der Waals surface area (Å²) in [5.41, 5.74) is -0.632. The van der Waals surface area contributed by atoms with Crippen molar-refractivity contribution in [3.05, 3.63) is 11.6 Å². The van der Waals surface area contributed by atoms with Crippen molar-refractivity contribution in [2.45, 2.75) is 143 Å². The third-order valence-corrected chi connectivity index (χ3v) is 15.3. The van der Waals surface area contributed by atoms with E-state index in [2.05, 4.69) is 47.6 Å². The highest BCUT2D eigenvalue weighted by Gasteiger charge is 2.71. The van der Waals surface area contributed by atoms with Crippen molar-refractivity contribution in [3.63, 3.8) is 0 Å². The van der Waals surface area contributed by atoms with Crippen LogP contribution >= 0.6 is 0 Å². The lowest BCUT2D eigenvalue weighted by Gasteiger charge is -2.72. The van der Waals surface area contributed by atoms with Gasteiger partial charge in [-0.2, -0.15) is 0 Å². The topological polar surface area (TPSA) is 126 Å². The van der Waals surface area contributed by atoms with Crippen molar-refractivity contribution in [1.29, 1.82) is 0 Å². The molecule has 0 amide bonds. The number of ether oxygens (including phenoxy) is 3. The van der Waals surface area contributed by atoms with Gasteiger partial charge in [0.2, 0.25) is 0 Å². The van der Waals surface area contributed by atoms with Crippen molar-refractivity contribution < 1.29 is 39.4 Å². The summed E-state index contributed by atoms with van der Waals surface area (Å²) in [7, 11) is 1.50. The van der Waals surface area contributed by atoms with E-state index in [0.29, 0.717) is 11.8 Å². The second kappa shape index (κ2) is 10.5. The molecule has 0 aromatic heterocycles. The number of methoxy groups -OCH3 is 1. The van der Waals surface area contributed by atoms with Gasteiger partial charge in [-0.15, -0.1) is 0 Å². The number of aliphatic hydroxyl groups is 4. The predicted molar refractivity (Wildman–Crippen MR) is 165 cm³/mol. The summed E-state index contributed by atoms with van der Waals surface area (Å²) < 4.78 is 17.6. The highest BCUT2D eigenvalue weighted by atomic mass is 16.7. The molecule has 5 fully saturated rings. The number of carbonyl (C=O) groups is 1. The summed E-state index contributed by atoms with van der Waals surface area (Å²) in [6.45, 7) is 16.1. The van der Waals surface area contributed by atoms with E-state index in [1.165, 1.54) is 12.7 Å². The van der Waals surface area contributed by atoms with Gasteiger partial charge in [-0.25, -0.2) is 0 Å². The first-order valence-electron chi connectivity index (χ1n) is 17.2. The van der Waals surface area contributed by atoms with Gasteiger partial charge in [0.25, 0.3) is 0 Å². The fourth-order valence-electron chi connectivity index (χ4n) is 12.3. The van der Waals surface area contributed by atoms with Gasteiger partial charge in [-0.3, -0.25) is 4.79 Å². The zero-order chi connectivity index (χ0) is 32.3. The van der Waals surface area contributed by atoms with Crippen molar-refractivity contribution in [2.75, 3.05) is 13.7 Å². The Hall–Kier alpha value is -1.03. The standard InChI is InChI=1S/C36H58O8/c1-20-11-16-36(30(40)42-8)18-17-33(5)21(28(36)35(20,7)41)9-10-24-32(4)14-13-25(31(2,3)23(32)12-15-34(24,33)6)44-29-27(39)26(38)22(37)19-43-29/h9,20,22-29,37-39,41H,10-19H2,1-8H3/t20-,22-,23+,24-,25+,26-,27+,28-,29+,32+,33-,34-,35-,36+/m1/s1. The van der Waals surface area contributed by atoms with E-state index in [9.17, 15) is 25.2 Å². The summed E-state index contributed by atoms with van der Waals surface area (Å²) in [5, 5.41) is 43.0. The van der Waals surface area contributed by atoms with Gasteiger partial charge in [-0.05, 0) is 104 Å². The average Bonchev–Trinajstić information content (AvgIpc) is 2.96. The Labute approximate surface area is 263 Å². The molecule has 0 bridgehead atoms. The van der Waals surface area contributed by atoms with E-state index in [1.807, 2.05) is 6.92 Å². The molecule has 1 heterocycles. The first kappa shape index (κ1) is 32.9. The van der Waals surface area contributed by atoms with Crippen LogP contribution in [0.5, 0.6) is 0 Å². The number of hydrogen-bond donors (Lipinski definition) is 4. The molecule has 8 heteroatoms. The molecule has 0 spiro atoms. The lowest BCUT2D eigenvalue weighted by atomic mass is 9.33. The summed E-state index contributed by atoms with van der Waals surface area (Å²) in [4.78, 5) is 13.6. The van der Waals surface area contributed by atoms with E-state index >= 15 is 0 Å². The number of allylic oxidation sites excluding steroid dienone is 1. The molecule has 4 saturated carbocycles. The van der Waals surface area contributed by atoms with E-state index in [-0.39, 0.29) is 52.2 Å². The second-order valence-electron chi connectivity index (χ2n) is 17.3. The molecule has 0 radical (unpaired) electrons. The van der Waals surface area contributed by atoms with Crippen LogP contribution < -0.4 is 0 Å². The van der Waals surface area contributed by atoms with Gasteiger partial charge in [0.15, 0.2) is 6.29 Å². The average molecular weight is 619 g/mol. The molecule has 250 valence electrons. The summed E-state index contributed by atoms with van der Waals surface area (Å²) in [6.07, 6.45) is 5.76. The fourth-order valence-corrected chi connectivity index (χ4v) is 12.3. The molecule has 14 atom stereocenters. The lowest BCUT2D eigenvalue weighted by Crippen LogP contribution is -2.68. The number of fused-ring (bicyclic) bond motifs is 7. The minimum atomic E-state index is -1.29. The quantitative estimate of drug-likeness (QED) is 0.203. The number of esters is 1. The minimum absolute atomic E-state index is 0.00801. The molecular weight excluding hydrogens is 560 g/mol. The normalized spacial score (nSPS) is 55.0. The molecule has 44 heavy (non-hydrogen) atoms. The summed E-state index contributed by atoms with van der Waals surface area (Å²) in [5.74, 6) is 0.517. The van der Waals surface area contributed by atoms with Crippen LogP contribution in [0.15, 0.2) is 11.6 Å². The smallest absolute Gasteiger partial charge is 0.312 e. The first-order chi connectivity index (χ1) is 20.4. The van der Waals surface area contributed by atoms with Gasteiger partial charge in [0.05, 0.1) is 30.8 Å². The number of rotatable bonds is 3. The Kier molecular flexibility index (Phi) is 7.84. The zero-order valence-electron chi connectivity index (χ0n) is 28.3. The van der Waals surface area contributed by atoms with Crippen LogP contribution in [-0.2, 0) is 19.0 Å². The Morgan fingerprint density at radius 2 is 1.61 bits per heavy atom. The molecule has 4 N–H and O–H groups in total. The number of aliphatic hydroxyl groups excluding tert-OH is 3. The Bertz CT molecular complexity index is 1180. The Morgan fingerprint density at radius 1 is 0.909 bits per heavy atom. The number of hydrogen-bond acceptors (Lipinski definition) is 8. The molecule has 1 aliphatic heterocycles. The van der Waals surface area contributed by atoms with Crippen molar-refractivity contribution in [2.24, 2.45) is 50.7 Å². The van der Waals surface area contributed by atoms with E-state index in [1.54, 1.807) is 0 Å². The SMILES string of the molecule is COC(=O)[C@]12CC[C@@H](C)[C@@](C)(O)[C@H]1C1=CC[C@@H]3[C@@]4(C)CC[C@H](O[C@@H]5OC[C@@H](O)[C@@H](O)[C@@H]5O)C(C)(C)[C@@H]4CC[C@@]3(C)[C@]1(C)CC2. The predicted octanol–water partition coefficient (Wildman–Crippen LogP) is 4.76. The zero-order valence-corrected chi connectivity index (χ0v) is 28.3. The van der Waals surface area contributed by atoms with Crippen molar-refractivity contribution in [3.8, 4) is 0 Å². The molecule has 0 aromatic rings. The van der Waals surface area contributed by atoms with Gasteiger partial charge in [0, 0.05) is 5.92 Å². The van der Waals surface area contributed by atoms with Crippen molar-refractivity contribution in [1.82, 2.24) is 0 Å². The van der Waals surface area contributed by atoms with E-state index < -0.39 is 35.6 Å². The third-order valence-electron chi connectivity index (χ3n) is 15.3. The summed E-state index contributed by atoms with van der Waals surface area (Å²) >= 11 is 0. The molecular formula is C36H58O8. The summed E-state index contributed by atoms with van der Waals surface area (Å²) in [6, 6.07) is 0. The van der Waals surface area contributed by atoms with Crippen LogP contribution in [0.3, 0.4) is 0 Å². The van der Waals surface area contributed by atoms with Gasteiger partial charge in [0.1, 0.15) is 18.3 Å². The molecule has 1 saturated heterocycles. The monoisotopic (exact) mass is 618 g/mol. The van der Waals surface area contributed by atoms with Crippen LogP contribution in [0.1, 0.15) is 106 Å². The largest absolute Gasteiger partial charge is 0.469 e. The highest BCUT2D eigenvalue weighted by molar-refractivity contribution is 5.79. The van der Waals surface area contributed by atoms with Crippen molar-refractivity contribution >= 4 is 5.97 Å². The number of carbonyl (C=O) groups excluding carboxylic acids is 1. The second-order valence-corrected chi connectivity index (χ2v) is 17.3. The maximum absolute atomic E-state index is 13.6. The Morgan fingerprint density at radius 3 is 2.30 bits per heavy atom. The van der Waals surface area contributed by atoms with Gasteiger partial charge >= 0.3 is 5.97 Å². The molecule has 0 aromatic carbocycles. The minimum Gasteiger partial charge on any atom is -0.469 e. The molecule has 0 unspecified atom stereocenters. The van der Waals surface area contributed by atoms with E-state index in [0.717, 1.165) is 57.8 Å². The van der Waals surface area contributed by atoms with Crippen LogP contribution in [0, 0.1) is 50.7 Å².